The third kappa shape index (κ3) is 3.39. The molecule has 0 heterocycles. The van der Waals surface area contributed by atoms with Gasteiger partial charge in [-0.2, -0.15) is 0 Å². The minimum atomic E-state index is -0.848. The Morgan fingerprint density at radius 2 is 1.95 bits per heavy atom. The average Bonchev–Trinajstić information content (AvgIpc) is 3.23. The number of amidine groups is 1. The lowest BCUT2D eigenvalue weighted by Gasteiger charge is -2.35. The average molecular weight is 269 g/mol. The highest BCUT2D eigenvalue weighted by Gasteiger charge is 2.43. The molecule has 0 spiro atoms. The topological polar surface area (TPSA) is 78.9 Å². The smallest absolute Gasteiger partial charge is 0.236 e. The quantitative estimate of drug-likeness (QED) is 0.307. The van der Waals surface area contributed by atoms with Crippen molar-refractivity contribution in [1.82, 2.24) is 4.90 Å². The molecule has 5 nitrogen and oxygen atoms in total. The first-order valence-electron chi connectivity index (χ1n) is 7.33. The number of rotatable bonds is 8. The Kier molecular flexibility index (Phi) is 5.63. The number of carbonyl (C=O) groups is 1. The number of nitrogens with zero attached hydrogens (tertiary/aromatic N) is 2. The van der Waals surface area contributed by atoms with Crippen molar-refractivity contribution in [2.45, 2.75) is 52.9 Å². The van der Waals surface area contributed by atoms with Crippen molar-refractivity contribution in [1.29, 1.82) is 0 Å². The van der Waals surface area contributed by atoms with E-state index in [-0.39, 0.29) is 11.7 Å². The fourth-order valence-electron chi connectivity index (χ4n) is 2.58. The van der Waals surface area contributed by atoms with Crippen LogP contribution in [0.1, 0.15) is 52.9 Å². The van der Waals surface area contributed by atoms with Crippen molar-refractivity contribution < 1.29 is 10.0 Å². The number of nitrogens with two attached hydrogens (primary N) is 1. The first kappa shape index (κ1) is 15.8. The number of hydrogen-bond acceptors (Lipinski definition) is 3. The number of carbonyl (C=O) groups excluding carboxylic acids is 1. The summed E-state index contributed by atoms with van der Waals surface area (Å²) in [4.78, 5) is 14.7. The second kappa shape index (κ2) is 6.78. The number of amides is 1. The van der Waals surface area contributed by atoms with Crippen molar-refractivity contribution in [3.63, 3.8) is 0 Å². The molecule has 1 fully saturated rings. The molecule has 110 valence electrons. The van der Waals surface area contributed by atoms with Crippen molar-refractivity contribution in [3.05, 3.63) is 0 Å². The second-order valence-electron chi connectivity index (χ2n) is 5.47. The molecule has 0 aromatic rings. The van der Waals surface area contributed by atoms with Crippen molar-refractivity contribution in [2.75, 3.05) is 13.1 Å². The summed E-state index contributed by atoms with van der Waals surface area (Å²) in [6.07, 6.45) is 4.47. The van der Waals surface area contributed by atoms with E-state index in [4.69, 9.17) is 10.9 Å². The molecule has 0 saturated heterocycles. The van der Waals surface area contributed by atoms with Gasteiger partial charge in [0.25, 0.3) is 0 Å². The summed E-state index contributed by atoms with van der Waals surface area (Å²) < 4.78 is 0. The van der Waals surface area contributed by atoms with E-state index in [1.54, 1.807) is 0 Å². The first-order valence-corrected chi connectivity index (χ1v) is 7.33. The third-order valence-corrected chi connectivity index (χ3v) is 4.17. The summed E-state index contributed by atoms with van der Waals surface area (Å²) in [5.74, 6) is 0.704. The molecule has 1 saturated carbocycles. The van der Waals surface area contributed by atoms with E-state index in [1.807, 2.05) is 18.7 Å². The molecule has 19 heavy (non-hydrogen) atoms. The Morgan fingerprint density at radius 1 is 1.37 bits per heavy atom. The maximum atomic E-state index is 12.8. The molecular weight excluding hydrogens is 242 g/mol. The molecular formula is C14H27N3O2. The molecule has 5 heteroatoms. The monoisotopic (exact) mass is 269 g/mol. The minimum absolute atomic E-state index is 0.0153. The summed E-state index contributed by atoms with van der Waals surface area (Å²) in [5, 5.41) is 12.1. The van der Waals surface area contributed by atoms with E-state index in [0.717, 1.165) is 19.5 Å². The highest BCUT2D eigenvalue weighted by Crippen LogP contribution is 2.34. The van der Waals surface area contributed by atoms with Crippen LogP contribution in [0.25, 0.3) is 0 Å². The molecule has 0 aromatic heterocycles. The van der Waals surface area contributed by atoms with Crippen molar-refractivity contribution in [3.8, 4) is 0 Å². The Morgan fingerprint density at radius 3 is 2.32 bits per heavy atom. The number of oxime groups is 1. The normalized spacial score (nSPS) is 16.5. The van der Waals surface area contributed by atoms with Gasteiger partial charge in [-0.25, -0.2) is 0 Å². The van der Waals surface area contributed by atoms with Crippen LogP contribution in [-0.2, 0) is 4.79 Å². The summed E-state index contributed by atoms with van der Waals surface area (Å²) in [7, 11) is 0. The molecule has 1 rings (SSSR count). The molecule has 1 aliphatic carbocycles. The zero-order valence-corrected chi connectivity index (χ0v) is 12.4. The fraction of sp³-hybridized carbons (Fsp3) is 0.857. The first-order chi connectivity index (χ1) is 9.05. The zero-order valence-electron chi connectivity index (χ0n) is 12.4. The molecule has 1 amide bonds. The van der Waals surface area contributed by atoms with Crippen LogP contribution in [0.5, 0.6) is 0 Å². The maximum absolute atomic E-state index is 12.8. The third-order valence-electron chi connectivity index (χ3n) is 4.17. The zero-order chi connectivity index (χ0) is 14.5. The van der Waals surface area contributed by atoms with Crippen LogP contribution in [-0.4, -0.2) is 34.9 Å². The van der Waals surface area contributed by atoms with E-state index in [1.165, 1.54) is 12.8 Å². The lowest BCUT2D eigenvalue weighted by atomic mass is 9.79. The van der Waals surface area contributed by atoms with E-state index in [9.17, 15) is 4.79 Å². The van der Waals surface area contributed by atoms with E-state index in [2.05, 4.69) is 12.1 Å². The molecule has 1 aliphatic rings. The summed E-state index contributed by atoms with van der Waals surface area (Å²) in [6.45, 7) is 7.46. The Labute approximate surface area is 115 Å². The van der Waals surface area contributed by atoms with E-state index in [0.29, 0.717) is 18.8 Å². The number of hydrogen-bond donors (Lipinski definition) is 2. The molecule has 0 atom stereocenters. The van der Waals surface area contributed by atoms with Gasteiger partial charge < -0.3 is 15.8 Å². The van der Waals surface area contributed by atoms with Gasteiger partial charge in [0.1, 0.15) is 5.41 Å². The van der Waals surface area contributed by atoms with E-state index >= 15 is 0 Å². The van der Waals surface area contributed by atoms with Crippen LogP contribution in [0.4, 0.5) is 0 Å². The molecule has 0 unspecified atom stereocenters. The fourth-order valence-corrected chi connectivity index (χ4v) is 2.58. The maximum Gasteiger partial charge on any atom is 0.236 e. The predicted molar refractivity (Wildman–Crippen MR) is 76.0 cm³/mol. The van der Waals surface area contributed by atoms with Gasteiger partial charge in [0.15, 0.2) is 5.84 Å². The van der Waals surface area contributed by atoms with E-state index < -0.39 is 5.41 Å². The summed E-state index contributed by atoms with van der Waals surface area (Å²) in [5.41, 5.74) is 4.96. The van der Waals surface area contributed by atoms with Gasteiger partial charge in [0, 0.05) is 13.1 Å². The van der Waals surface area contributed by atoms with Gasteiger partial charge >= 0.3 is 0 Å². The highest BCUT2D eigenvalue weighted by atomic mass is 16.4. The summed E-state index contributed by atoms with van der Waals surface area (Å²) in [6, 6.07) is 0. The lowest BCUT2D eigenvalue weighted by Crippen LogP contribution is -2.51. The standard InChI is InChI=1S/C14H27N3O2/c1-4-9-17(10-11-7-8-11)13(18)14(5-2,6-3)12(15)16-19/h11,19H,4-10H2,1-3H3,(H2,15,16). The van der Waals surface area contributed by atoms with Crippen LogP contribution in [0.15, 0.2) is 5.16 Å². The Balaban J connectivity index is 2.93. The Bertz CT molecular complexity index is 334. The van der Waals surface area contributed by atoms with Gasteiger partial charge in [-0.1, -0.05) is 25.9 Å². The molecule has 3 N–H and O–H groups in total. The van der Waals surface area contributed by atoms with Crippen molar-refractivity contribution >= 4 is 11.7 Å². The molecule has 0 aliphatic heterocycles. The van der Waals surface area contributed by atoms with Gasteiger partial charge in [-0.05, 0) is 38.0 Å². The minimum Gasteiger partial charge on any atom is -0.409 e. The molecule has 0 aromatic carbocycles. The van der Waals surface area contributed by atoms with Crippen LogP contribution >= 0.6 is 0 Å². The van der Waals surface area contributed by atoms with Crippen molar-refractivity contribution in [2.24, 2.45) is 22.2 Å². The van der Waals surface area contributed by atoms with Crippen LogP contribution in [0.2, 0.25) is 0 Å². The molecule has 0 radical (unpaired) electrons. The van der Waals surface area contributed by atoms with Gasteiger partial charge in [-0.15, -0.1) is 0 Å². The highest BCUT2D eigenvalue weighted by molar-refractivity contribution is 6.06. The van der Waals surface area contributed by atoms with Crippen LogP contribution < -0.4 is 5.73 Å². The molecule has 0 bridgehead atoms. The van der Waals surface area contributed by atoms with Gasteiger partial charge in [0.2, 0.25) is 5.91 Å². The van der Waals surface area contributed by atoms with Crippen LogP contribution in [0.3, 0.4) is 0 Å². The largest absolute Gasteiger partial charge is 0.409 e. The lowest BCUT2D eigenvalue weighted by molar-refractivity contribution is -0.139. The van der Waals surface area contributed by atoms with Crippen LogP contribution in [0, 0.1) is 11.3 Å². The predicted octanol–water partition coefficient (Wildman–Crippen LogP) is 2.19. The van der Waals surface area contributed by atoms with Gasteiger partial charge in [-0.3, -0.25) is 4.79 Å². The SMILES string of the molecule is CCCN(CC1CC1)C(=O)C(CC)(CC)C(N)=NO. The second-order valence-corrected chi connectivity index (χ2v) is 5.47. The Hall–Kier alpha value is -1.26. The summed E-state index contributed by atoms with van der Waals surface area (Å²) >= 11 is 0. The van der Waals surface area contributed by atoms with Gasteiger partial charge in [0.05, 0.1) is 0 Å².